The summed E-state index contributed by atoms with van der Waals surface area (Å²) in [6, 6.07) is 4.75. The Morgan fingerprint density at radius 2 is 1.95 bits per heavy atom. The molecule has 0 amide bonds. The standard InChI is InChI=1S/C16H24BrNO/c1-11-9-15(19-3)13(10-14(11)17)16(18-2)12-7-5-4-6-8-12/h9-10,12,16,18H,4-8H2,1-3H3. The average molecular weight is 326 g/mol. The summed E-state index contributed by atoms with van der Waals surface area (Å²) in [5, 5.41) is 3.51. The van der Waals surface area contributed by atoms with Gasteiger partial charge in [0, 0.05) is 16.1 Å². The van der Waals surface area contributed by atoms with Crippen LogP contribution in [-0.4, -0.2) is 14.2 Å². The molecule has 2 nitrogen and oxygen atoms in total. The van der Waals surface area contributed by atoms with E-state index >= 15 is 0 Å². The largest absolute Gasteiger partial charge is 0.496 e. The molecule has 2 rings (SSSR count). The van der Waals surface area contributed by atoms with Crippen LogP contribution in [-0.2, 0) is 0 Å². The van der Waals surface area contributed by atoms with E-state index in [1.807, 2.05) is 0 Å². The van der Waals surface area contributed by atoms with Gasteiger partial charge in [0.05, 0.1) is 7.11 Å². The minimum absolute atomic E-state index is 0.396. The highest BCUT2D eigenvalue weighted by Crippen LogP contribution is 2.39. The highest BCUT2D eigenvalue weighted by Gasteiger charge is 2.26. The molecule has 0 spiro atoms. The number of aryl methyl sites for hydroxylation is 1. The van der Waals surface area contributed by atoms with Crippen molar-refractivity contribution in [3.8, 4) is 5.75 Å². The maximum atomic E-state index is 5.59. The first-order valence-corrected chi connectivity index (χ1v) is 7.98. The van der Waals surface area contributed by atoms with Gasteiger partial charge in [-0.1, -0.05) is 35.2 Å². The van der Waals surface area contributed by atoms with Gasteiger partial charge in [0.2, 0.25) is 0 Å². The van der Waals surface area contributed by atoms with Crippen LogP contribution >= 0.6 is 15.9 Å². The summed E-state index contributed by atoms with van der Waals surface area (Å²) >= 11 is 3.65. The molecule has 0 heterocycles. The monoisotopic (exact) mass is 325 g/mol. The summed E-state index contributed by atoms with van der Waals surface area (Å²) in [7, 11) is 3.83. The van der Waals surface area contributed by atoms with Gasteiger partial charge in [0.1, 0.15) is 5.75 Å². The molecular weight excluding hydrogens is 302 g/mol. The molecule has 1 saturated carbocycles. The lowest BCUT2D eigenvalue weighted by molar-refractivity contribution is 0.275. The average Bonchev–Trinajstić information content (AvgIpc) is 2.44. The molecule has 0 saturated heterocycles. The number of methoxy groups -OCH3 is 1. The van der Waals surface area contributed by atoms with Gasteiger partial charge >= 0.3 is 0 Å². The number of rotatable bonds is 4. The van der Waals surface area contributed by atoms with Crippen molar-refractivity contribution in [3.05, 3.63) is 27.7 Å². The molecule has 3 heteroatoms. The lowest BCUT2D eigenvalue weighted by Gasteiger charge is -2.31. The van der Waals surface area contributed by atoms with Crippen molar-refractivity contribution < 1.29 is 4.74 Å². The van der Waals surface area contributed by atoms with Crippen molar-refractivity contribution >= 4 is 15.9 Å². The van der Waals surface area contributed by atoms with Crippen molar-refractivity contribution in [3.63, 3.8) is 0 Å². The predicted octanol–water partition coefficient (Wildman–Crippen LogP) is 4.61. The Kier molecular flexibility index (Phi) is 5.28. The molecule has 106 valence electrons. The fourth-order valence-electron chi connectivity index (χ4n) is 3.20. The van der Waals surface area contributed by atoms with Crippen LogP contribution in [0.1, 0.15) is 49.3 Å². The van der Waals surface area contributed by atoms with E-state index in [9.17, 15) is 0 Å². The Bertz CT molecular complexity index is 427. The maximum absolute atomic E-state index is 5.59. The molecule has 0 radical (unpaired) electrons. The first kappa shape index (κ1) is 14.9. The molecule has 0 bridgehead atoms. The molecule has 0 aromatic heterocycles. The van der Waals surface area contributed by atoms with E-state index in [1.54, 1.807) is 7.11 Å². The molecule has 19 heavy (non-hydrogen) atoms. The normalized spacial score (nSPS) is 18.3. The number of nitrogens with one attached hydrogen (secondary N) is 1. The van der Waals surface area contributed by atoms with E-state index in [2.05, 4.69) is 47.4 Å². The molecule has 1 fully saturated rings. The van der Waals surface area contributed by atoms with Crippen molar-refractivity contribution in [1.82, 2.24) is 5.32 Å². The van der Waals surface area contributed by atoms with Crippen LogP contribution in [0.5, 0.6) is 5.75 Å². The number of ether oxygens (including phenoxy) is 1. The Morgan fingerprint density at radius 1 is 1.26 bits per heavy atom. The second-order valence-electron chi connectivity index (χ2n) is 5.51. The van der Waals surface area contributed by atoms with Gasteiger partial charge in [0.25, 0.3) is 0 Å². The Balaban J connectivity index is 2.33. The van der Waals surface area contributed by atoms with E-state index in [0.717, 1.165) is 11.7 Å². The second-order valence-corrected chi connectivity index (χ2v) is 6.36. The van der Waals surface area contributed by atoms with Gasteiger partial charge in [-0.05, 0) is 50.4 Å². The van der Waals surface area contributed by atoms with Gasteiger partial charge in [-0.2, -0.15) is 0 Å². The van der Waals surface area contributed by atoms with Crippen LogP contribution in [0.3, 0.4) is 0 Å². The molecule has 1 N–H and O–H groups in total. The first-order chi connectivity index (χ1) is 9.17. The smallest absolute Gasteiger partial charge is 0.123 e. The predicted molar refractivity (Wildman–Crippen MR) is 83.8 cm³/mol. The molecule has 1 aliphatic rings. The molecule has 1 aliphatic carbocycles. The lowest BCUT2D eigenvalue weighted by Crippen LogP contribution is -2.27. The third-order valence-electron chi connectivity index (χ3n) is 4.28. The minimum atomic E-state index is 0.396. The van der Waals surface area contributed by atoms with Crippen molar-refractivity contribution in [1.29, 1.82) is 0 Å². The van der Waals surface area contributed by atoms with Gasteiger partial charge in [-0.25, -0.2) is 0 Å². The topological polar surface area (TPSA) is 21.3 Å². The van der Waals surface area contributed by atoms with Crippen molar-refractivity contribution in [2.45, 2.75) is 45.1 Å². The van der Waals surface area contributed by atoms with Crippen LogP contribution in [0.2, 0.25) is 0 Å². The minimum Gasteiger partial charge on any atom is -0.496 e. The number of hydrogen-bond donors (Lipinski definition) is 1. The number of hydrogen-bond acceptors (Lipinski definition) is 2. The summed E-state index contributed by atoms with van der Waals surface area (Å²) in [5.41, 5.74) is 2.51. The molecule has 1 aromatic rings. The Hall–Kier alpha value is -0.540. The van der Waals surface area contributed by atoms with Gasteiger partial charge < -0.3 is 10.1 Å². The highest BCUT2D eigenvalue weighted by atomic mass is 79.9. The zero-order chi connectivity index (χ0) is 13.8. The molecule has 0 aliphatic heterocycles. The zero-order valence-electron chi connectivity index (χ0n) is 12.1. The second kappa shape index (κ2) is 6.76. The molecule has 1 unspecified atom stereocenters. The van der Waals surface area contributed by atoms with E-state index < -0.39 is 0 Å². The van der Waals surface area contributed by atoms with Crippen molar-refractivity contribution in [2.24, 2.45) is 5.92 Å². The van der Waals surface area contributed by atoms with E-state index in [-0.39, 0.29) is 0 Å². The summed E-state index contributed by atoms with van der Waals surface area (Å²) < 4.78 is 6.76. The summed E-state index contributed by atoms with van der Waals surface area (Å²) in [6.45, 7) is 2.10. The van der Waals surface area contributed by atoms with E-state index in [1.165, 1.54) is 47.7 Å². The summed E-state index contributed by atoms with van der Waals surface area (Å²) in [5.74, 6) is 1.73. The summed E-state index contributed by atoms with van der Waals surface area (Å²) in [6.07, 6.45) is 6.75. The van der Waals surface area contributed by atoms with Crippen LogP contribution in [0.4, 0.5) is 0 Å². The van der Waals surface area contributed by atoms with Crippen LogP contribution in [0.15, 0.2) is 16.6 Å². The Labute approximate surface area is 125 Å². The van der Waals surface area contributed by atoms with Crippen LogP contribution in [0, 0.1) is 12.8 Å². The quantitative estimate of drug-likeness (QED) is 0.873. The fourth-order valence-corrected chi connectivity index (χ4v) is 3.56. The number of halogens is 1. The third kappa shape index (κ3) is 3.32. The highest BCUT2D eigenvalue weighted by molar-refractivity contribution is 9.10. The SMILES string of the molecule is CNC(c1cc(Br)c(C)cc1OC)C1CCCCC1. The number of benzene rings is 1. The zero-order valence-corrected chi connectivity index (χ0v) is 13.7. The first-order valence-electron chi connectivity index (χ1n) is 7.18. The summed E-state index contributed by atoms with van der Waals surface area (Å²) in [4.78, 5) is 0. The van der Waals surface area contributed by atoms with Gasteiger partial charge in [0.15, 0.2) is 0 Å². The lowest BCUT2D eigenvalue weighted by atomic mass is 9.81. The van der Waals surface area contributed by atoms with E-state index in [0.29, 0.717) is 6.04 Å². The molecular formula is C16H24BrNO. The third-order valence-corrected chi connectivity index (χ3v) is 5.13. The van der Waals surface area contributed by atoms with Crippen LogP contribution < -0.4 is 10.1 Å². The fraction of sp³-hybridized carbons (Fsp3) is 0.625. The van der Waals surface area contributed by atoms with Crippen LogP contribution in [0.25, 0.3) is 0 Å². The molecule has 1 atom stereocenters. The van der Waals surface area contributed by atoms with Gasteiger partial charge in [-0.15, -0.1) is 0 Å². The maximum Gasteiger partial charge on any atom is 0.123 e. The van der Waals surface area contributed by atoms with E-state index in [4.69, 9.17) is 4.74 Å². The Morgan fingerprint density at radius 3 is 2.53 bits per heavy atom. The molecule has 1 aromatic carbocycles. The van der Waals surface area contributed by atoms with Crippen molar-refractivity contribution in [2.75, 3.05) is 14.2 Å². The van der Waals surface area contributed by atoms with Gasteiger partial charge in [-0.3, -0.25) is 0 Å².